The normalized spacial score (nSPS) is 15.5. The van der Waals surface area contributed by atoms with Gasteiger partial charge in [0, 0.05) is 6.54 Å². The van der Waals surface area contributed by atoms with Crippen molar-refractivity contribution in [2.75, 3.05) is 6.54 Å². The molecular formula is C20H26N2O5. The Hall–Kier alpha value is -2.70. The first-order valence-electron chi connectivity index (χ1n) is 9.23. The lowest BCUT2D eigenvalue weighted by molar-refractivity contribution is -0.159. The van der Waals surface area contributed by atoms with E-state index in [4.69, 9.17) is 4.74 Å². The number of amides is 3. The van der Waals surface area contributed by atoms with Crippen LogP contribution in [0.25, 0.3) is 0 Å². The Morgan fingerprint density at radius 3 is 2.11 bits per heavy atom. The van der Waals surface area contributed by atoms with E-state index in [1.165, 1.54) is 6.92 Å². The van der Waals surface area contributed by atoms with Gasteiger partial charge in [0.15, 0.2) is 6.10 Å². The van der Waals surface area contributed by atoms with Crippen LogP contribution in [0.15, 0.2) is 24.3 Å². The van der Waals surface area contributed by atoms with Gasteiger partial charge in [0.1, 0.15) is 6.04 Å². The molecule has 1 N–H and O–H groups in total. The number of rotatable bonds is 8. The fourth-order valence-corrected chi connectivity index (χ4v) is 2.94. The minimum atomic E-state index is -1.07. The summed E-state index contributed by atoms with van der Waals surface area (Å²) >= 11 is 0. The van der Waals surface area contributed by atoms with Crippen molar-refractivity contribution in [3.05, 3.63) is 35.4 Å². The lowest BCUT2D eigenvalue weighted by Crippen LogP contribution is -2.48. The van der Waals surface area contributed by atoms with Crippen LogP contribution in [-0.4, -0.2) is 47.3 Å². The number of fused-ring (bicyclic) bond motifs is 1. The van der Waals surface area contributed by atoms with Gasteiger partial charge >= 0.3 is 5.97 Å². The van der Waals surface area contributed by atoms with Crippen LogP contribution in [0.4, 0.5) is 0 Å². The molecule has 1 aliphatic rings. The lowest BCUT2D eigenvalue weighted by Gasteiger charge is -2.27. The molecule has 0 aliphatic carbocycles. The van der Waals surface area contributed by atoms with Crippen molar-refractivity contribution in [3.63, 3.8) is 0 Å². The molecule has 1 aromatic rings. The molecule has 0 saturated heterocycles. The van der Waals surface area contributed by atoms with Gasteiger partial charge in [-0.15, -0.1) is 0 Å². The predicted octanol–water partition coefficient (Wildman–Crippen LogP) is 2.16. The van der Waals surface area contributed by atoms with Gasteiger partial charge in [-0.25, -0.2) is 4.79 Å². The van der Waals surface area contributed by atoms with E-state index in [1.807, 2.05) is 20.8 Å². The predicted molar refractivity (Wildman–Crippen MR) is 99.0 cm³/mol. The fraction of sp³-hybridized carbons (Fsp3) is 0.500. The van der Waals surface area contributed by atoms with E-state index in [1.54, 1.807) is 24.3 Å². The van der Waals surface area contributed by atoms with E-state index >= 15 is 0 Å². The molecule has 2 atom stereocenters. The number of carbonyl (C=O) groups excluding carboxylic acids is 4. The first-order valence-corrected chi connectivity index (χ1v) is 9.23. The maximum atomic E-state index is 12.7. The Morgan fingerprint density at radius 1 is 1.07 bits per heavy atom. The van der Waals surface area contributed by atoms with Gasteiger partial charge in [-0.05, 0) is 37.8 Å². The first-order chi connectivity index (χ1) is 12.8. The minimum Gasteiger partial charge on any atom is -0.451 e. The Kier molecular flexibility index (Phi) is 6.71. The molecule has 1 heterocycles. The van der Waals surface area contributed by atoms with Gasteiger partial charge in [0.2, 0.25) is 0 Å². The van der Waals surface area contributed by atoms with Gasteiger partial charge < -0.3 is 10.1 Å². The summed E-state index contributed by atoms with van der Waals surface area (Å²) in [4.78, 5) is 51.1. The molecule has 1 aromatic carbocycles. The molecule has 7 nitrogen and oxygen atoms in total. The van der Waals surface area contributed by atoms with Crippen molar-refractivity contribution in [2.24, 2.45) is 5.92 Å². The summed E-state index contributed by atoms with van der Waals surface area (Å²) in [7, 11) is 0. The average molecular weight is 374 g/mol. The number of esters is 1. The van der Waals surface area contributed by atoms with Crippen LogP contribution < -0.4 is 5.32 Å². The quantitative estimate of drug-likeness (QED) is 0.556. The van der Waals surface area contributed by atoms with Gasteiger partial charge in [-0.2, -0.15) is 0 Å². The molecule has 0 fully saturated rings. The zero-order chi connectivity index (χ0) is 20.1. The highest BCUT2D eigenvalue weighted by Crippen LogP contribution is 2.27. The molecule has 7 heteroatoms. The Balaban J connectivity index is 2.21. The van der Waals surface area contributed by atoms with E-state index in [0.717, 1.165) is 11.3 Å². The number of hydrogen-bond donors (Lipinski definition) is 1. The highest BCUT2D eigenvalue weighted by atomic mass is 16.5. The van der Waals surface area contributed by atoms with Crippen molar-refractivity contribution < 1.29 is 23.9 Å². The van der Waals surface area contributed by atoms with Crippen LogP contribution in [0.2, 0.25) is 0 Å². The topological polar surface area (TPSA) is 92.8 Å². The van der Waals surface area contributed by atoms with Crippen LogP contribution in [0.5, 0.6) is 0 Å². The third-order valence-corrected chi connectivity index (χ3v) is 4.32. The summed E-state index contributed by atoms with van der Waals surface area (Å²) < 4.78 is 5.28. The maximum Gasteiger partial charge on any atom is 0.330 e. The Morgan fingerprint density at radius 2 is 1.63 bits per heavy atom. The van der Waals surface area contributed by atoms with Crippen molar-refractivity contribution in [2.45, 2.75) is 52.7 Å². The number of nitrogens with zero attached hydrogens (tertiary/aromatic N) is 1. The van der Waals surface area contributed by atoms with Crippen molar-refractivity contribution >= 4 is 23.7 Å². The average Bonchev–Trinajstić information content (AvgIpc) is 2.88. The number of hydrogen-bond acceptors (Lipinski definition) is 5. The van der Waals surface area contributed by atoms with Gasteiger partial charge in [-0.3, -0.25) is 19.3 Å². The monoisotopic (exact) mass is 374 g/mol. The van der Waals surface area contributed by atoms with Gasteiger partial charge in [-0.1, -0.05) is 32.9 Å². The summed E-state index contributed by atoms with van der Waals surface area (Å²) in [6, 6.07) is 5.40. The van der Waals surface area contributed by atoms with Gasteiger partial charge in [0.25, 0.3) is 17.7 Å². The lowest BCUT2D eigenvalue weighted by atomic mass is 10.0. The fourth-order valence-electron chi connectivity index (χ4n) is 2.94. The third kappa shape index (κ3) is 4.53. The summed E-state index contributed by atoms with van der Waals surface area (Å²) in [5.41, 5.74) is 0.551. The molecule has 0 radical (unpaired) electrons. The molecule has 0 unspecified atom stereocenters. The second-order valence-corrected chi connectivity index (χ2v) is 7.04. The Labute approximate surface area is 159 Å². The zero-order valence-corrected chi connectivity index (χ0v) is 16.2. The summed E-state index contributed by atoms with van der Waals surface area (Å²) in [5.74, 6) is -2.15. The van der Waals surface area contributed by atoms with E-state index in [-0.39, 0.29) is 23.5 Å². The standard InChI is InChI=1S/C20H26N2O5/c1-5-10-21-17(23)13(4)27-20(26)16(11-12(2)3)22-18(24)14-8-6-7-9-15(14)19(22)25/h6-9,12-13,16H,5,10-11H2,1-4H3,(H,21,23)/t13-,16+/m0/s1. The molecule has 3 amide bonds. The van der Waals surface area contributed by atoms with E-state index in [2.05, 4.69) is 5.32 Å². The van der Waals surface area contributed by atoms with Crippen LogP contribution >= 0.6 is 0 Å². The Bertz CT molecular complexity index is 709. The second-order valence-electron chi connectivity index (χ2n) is 7.04. The van der Waals surface area contributed by atoms with Gasteiger partial charge in [0.05, 0.1) is 11.1 Å². The molecule has 146 valence electrons. The van der Waals surface area contributed by atoms with Crippen LogP contribution in [0.3, 0.4) is 0 Å². The molecule has 0 saturated carbocycles. The zero-order valence-electron chi connectivity index (χ0n) is 16.2. The number of nitrogens with one attached hydrogen (secondary N) is 1. The molecule has 1 aliphatic heterocycles. The molecule has 27 heavy (non-hydrogen) atoms. The summed E-state index contributed by atoms with van der Waals surface area (Å²) in [6.07, 6.45) is 0.0132. The molecule has 0 spiro atoms. The number of imide groups is 1. The molecule has 0 bridgehead atoms. The van der Waals surface area contributed by atoms with E-state index < -0.39 is 35.8 Å². The van der Waals surface area contributed by atoms with Crippen molar-refractivity contribution in [1.29, 1.82) is 0 Å². The summed E-state index contributed by atoms with van der Waals surface area (Å²) in [6.45, 7) is 7.63. The number of ether oxygens (including phenoxy) is 1. The highest BCUT2D eigenvalue weighted by molar-refractivity contribution is 6.22. The SMILES string of the molecule is CCCNC(=O)[C@H](C)OC(=O)[C@@H](CC(C)C)N1C(=O)c2ccccc2C1=O. The van der Waals surface area contributed by atoms with Crippen molar-refractivity contribution in [3.8, 4) is 0 Å². The molecular weight excluding hydrogens is 348 g/mol. The maximum absolute atomic E-state index is 12.7. The number of benzene rings is 1. The number of carbonyl (C=O) groups is 4. The third-order valence-electron chi connectivity index (χ3n) is 4.32. The smallest absolute Gasteiger partial charge is 0.330 e. The van der Waals surface area contributed by atoms with Crippen molar-refractivity contribution in [1.82, 2.24) is 10.2 Å². The summed E-state index contributed by atoms with van der Waals surface area (Å²) in [5, 5.41) is 2.65. The van der Waals surface area contributed by atoms with Crippen LogP contribution in [0, 0.1) is 5.92 Å². The van der Waals surface area contributed by atoms with Crippen LogP contribution in [-0.2, 0) is 14.3 Å². The highest BCUT2D eigenvalue weighted by Gasteiger charge is 2.44. The van der Waals surface area contributed by atoms with E-state index in [9.17, 15) is 19.2 Å². The van der Waals surface area contributed by atoms with E-state index in [0.29, 0.717) is 6.54 Å². The second kappa shape index (κ2) is 8.79. The minimum absolute atomic E-state index is 0.0380. The first kappa shape index (κ1) is 20.6. The molecule has 0 aromatic heterocycles. The largest absolute Gasteiger partial charge is 0.451 e. The molecule has 2 rings (SSSR count). The van der Waals surface area contributed by atoms with Crippen LogP contribution in [0.1, 0.15) is 61.3 Å².